The predicted molar refractivity (Wildman–Crippen MR) is 299 cm³/mol. The number of benzene rings is 12. The van der Waals surface area contributed by atoms with Gasteiger partial charge in [0.05, 0.1) is 22.1 Å². The van der Waals surface area contributed by atoms with E-state index in [-0.39, 0.29) is 0 Å². The zero-order valence-corrected chi connectivity index (χ0v) is 39.0. The van der Waals surface area contributed by atoms with Crippen molar-refractivity contribution in [1.29, 1.82) is 0 Å². The third-order valence-electron chi connectivity index (χ3n) is 15.0. The van der Waals surface area contributed by atoms with Gasteiger partial charge < -0.3 is 9.47 Å². The zero-order valence-electron chi connectivity index (χ0n) is 39.0. The molecule has 0 radical (unpaired) electrons. The van der Waals surface area contributed by atoms with Gasteiger partial charge in [-0.1, -0.05) is 237 Å². The Bertz CT molecular complexity index is 4170. The number of fused-ring (bicyclic) bond motifs is 9. The molecule has 14 rings (SSSR count). The Morgan fingerprint density at radius 1 is 0.310 bits per heavy atom. The summed E-state index contributed by atoms with van der Waals surface area (Å²) >= 11 is 0. The van der Waals surface area contributed by atoms with Crippen LogP contribution in [0, 0.1) is 0 Å². The molecule has 71 heavy (non-hydrogen) atoms. The van der Waals surface area contributed by atoms with E-state index in [1.165, 1.54) is 93.5 Å². The summed E-state index contributed by atoms with van der Waals surface area (Å²) < 4.78 is 2.50. The van der Waals surface area contributed by atoms with Gasteiger partial charge in [-0.2, -0.15) is 0 Å². The summed E-state index contributed by atoms with van der Waals surface area (Å²) in [5.41, 5.74) is 18.5. The van der Waals surface area contributed by atoms with Crippen molar-refractivity contribution in [3.8, 4) is 39.1 Å². The molecule has 0 saturated carbocycles. The van der Waals surface area contributed by atoms with Crippen LogP contribution in [0.4, 0.5) is 17.1 Å². The third kappa shape index (κ3) is 6.35. The summed E-state index contributed by atoms with van der Waals surface area (Å²) in [6.07, 6.45) is 0. The lowest BCUT2D eigenvalue weighted by molar-refractivity contribution is 0.770. The van der Waals surface area contributed by atoms with E-state index < -0.39 is 5.41 Å². The topological polar surface area (TPSA) is 8.17 Å². The minimum Gasteiger partial charge on any atom is -0.310 e. The Morgan fingerprint density at radius 3 is 1.65 bits per heavy atom. The van der Waals surface area contributed by atoms with Crippen LogP contribution in [0.25, 0.3) is 82.4 Å². The van der Waals surface area contributed by atoms with Gasteiger partial charge in [-0.15, -0.1) is 0 Å². The van der Waals surface area contributed by atoms with Crippen LogP contribution < -0.4 is 4.90 Å². The van der Waals surface area contributed by atoms with Crippen molar-refractivity contribution >= 4 is 60.4 Å². The van der Waals surface area contributed by atoms with Crippen molar-refractivity contribution in [2.75, 3.05) is 4.90 Å². The van der Waals surface area contributed by atoms with E-state index in [4.69, 9.17) is 0 Å². The molecule has 12 aromatic carbocycles. The zero-order chi connectivity index (χ0) is 46.9. The van der Waals surface area contributed by atoms with Crippen molar-refractivity contribution in [3.63, 3.8) is 0 Å². The highest BCUT2D eigenvalue weighted by Gasteiger charge is 2.47. The lowest BCUT2D eigenvalue weighted by Crippen LogP contribution is -2.29. The molecule has 2 heteroatoms. The maximum absolute atomic E-state index is 2.50. The molecule has 0 fully saturated rings. The Kier molecular flexibility index (Phi) is 9.47. The van der Waals surface area contributed by atoms with Gasteiger partial charge in [0.25, 0.3) is 0 Å². The lowest BCUT2D eigenvalue weighted by Gasteiger charge is -2.36. The molecular weight excluding hydrogens is 857 g/mol. The SMILES string of the molecule is c1ccc(-c2cccc(-n3c4cc(N(c5ccc6c(c5)C(c5ccccc5)(c5ccccc5-c5ccccc5)c5ccccc5-6)c5cccc6ccccc56)ccc4c4ccc5ccccc5c43)c2)cc1. The van der Waals surface area contributed by atoms with E-state index in [0.29, 0.717) is 0 Å². The van der Waals surface area contributed by atoms with Crippen LogP contribution in [0.1, 0.15) is 22.3 Å². The van der Waals surface area contributed by atoms with Crippen molar-refractivity contribution in [3.05, 3.63) is 301 Å². The number of aromatic nitrogens is 1. The van der Waals surface area contributed by atoms with E-state index in [9.17, 15) is 0 Å². The average molecular weight is 903 g/mol. The molecule has 1 aliphatic carbocycles. The van der Waals surface area contributed by atoms with E-state index in [1.54, 1.807) is 0 Å². The monoisotopic (exact) mass is 902 g/mol. The van der Waals surface area contributed by atoms with Crippen molar-refractivity contribution < 1.29 is 0 Å². The number of rotatable bonds is 8. The average Bonchev–Trinajstić information content (AvgIpc) is 3.95. The summed E-state index contributed by atoms with van der Waals surface area (Å²) in [6, 6.07) is 103. The molecule has 0 bridgehead atoms. The first-order valence-corrected chi connectivity index (χ1v) is 24.6. The molecule has 0 amide bonds. The third-order valence-corrected chi connectivity index (χ3v) is 15.0. The second-order valence-corrected chi connectivity index (χ2v) is 18.8. The first-order valence-electron chi connectivity index (χ1n) is 24.6. The number of nitrogens with zero attached hydrogens (tertiary/aromatic N) is 2. The molecule has 1 atom stereocenters. The van der Waals surface area contributed by atoms with Crippen LogP contribution >= 0.6 is 0 Å². The standard InChI is InChI=1S/C69H46N2/c1-4-20-47(21-5-1)51-27-18-30-53(44-51)71-67-46-55(40-43-61(67)62-41-38-50-25-11-13-33-58(50)68(62)71)70(66-37-19-26-49-24-10-12-32-57(49)66)54-39-42-60-59-34-15-17-36-64(59)69(65(60)45-54,52-28-8-3-9-29-52)63-35-16-14-31-56(63)48-22-6-2-7-23-48/h1-46H. The summed E-state index contributed by atoms with van der Waals surface area (Å²) in [6.45, 7) is 0. The van der Waals surface area contributed by atoms with Crippen LogP contribution in [0.5, 0.6) is 0 Å². The molecule has 2 nitrogen and oxygen atoms in total. The van der Waals surface area contributed by atoms with Gasteiger partial charge in [0.15, 0.2) is 0 Å². The van der Waals surface area contributed by atoms with Gasteiger partial charge in [-0.3, -0.25) is 0 Å². The Morgan fingerprint density at radius 2 is 0.859 bits per heavy atom. The van der Waals surface area contributed by atoms with Crippen LogP contribution in [0.2, 0.25) is 0 Å². The van der Waals surface area contributed by atoms with Crippen LogP contribution in [0.15, 0.2) is 279 Å². The van der Waals surface area contributed by atoms with Crippen molar-refractivity contribution in [2.24, 2.45) is 0 Å². The quantitative estimate of drug-likeness (QED) is 0.147. The molecule has 1 heterocycles. The molecule has 13 aromatic rings. The highest BCUT2D eigenvalue weighted by atomic mass is 15.1. The second-order valence-electron chi connectivity index (χ2n) is 18.8. The maximum atomic E-state index is 2.50. The first kappa shape index (κ1) is 40.8. The van der Waals surface area contributed by atoms with Crippen molar-refractivity contribution in [1.82, 2.24) is 4.57 Å². The van der Waals surface area contributed by atoms with Gasteiger partial charge in [0.2, 0.25) is 0 Å². The smallest absolute Gasteiger partial charge is 0.0720 e. The van der Waals surface area contributed by atoms with Crippen LogP contribution in [-0.2, 0) is 5.41 Å². The van der Waals surface area contributed by atoms with Crippen molar-refractivity contribution in [2.45, 2.75) is 5.41 Å². The Labute approximate surface area is 413 Å². The fourth-order valence-corrected chi connectivity index (χ4v) is 12.0. The fourth-order valence-electron chi connectivity index (χ4n) is 12.0. The van der Waals surface area contributed by atoms with Gasteiger partial charge in [0, 0.05) is 38.6 Å². The highest BCUT2D eigenvalue weighted by Crippen LogP contribution is 2.59. The minimum atomic E-state index is -0.638. The molecular formula is C69H46N2. The van der Waals surface area contributed by atoms with Crippen LogP contribution in [0.3, 0.4) is 0 Å². The van der Waals surface area contributed by atoms with E-state index >= 15 is 0 Å². The molecule has 0 saturated heterocycles. The summed E-state index contributed by atoms with van der Waals surface area (Å²) in [5.74, 6) is 0. The first-order chi connectivity index (χ1) is 35.2. The molecule has 1 aromatic heterocycles. The molecule has 332 valence electrons. The van der Waals surface area contributed by atoms with Gasteiger partial charge in [0.1, 0.15) is 0 Å². The number of hydrogen-bond donors (Lipinski definition) is 0. The lowest BCUT2D eigenvalue weighted by atomic mass is 9.66. The van der Waals surface area contributed by atoms with E-state index in [0.717, 1.165) is 28.3 Å². The summed E-state index contributed by atoms with van der Waals surface area (Å²) in [5, 5.41) is 7.26. The van der Waals surface area contributed by atoms with Crippen LogP contribution in [-0.4, -0.2) is 4.57 Å². The number of hydrogen-bond acceptors (Lipinski definition) is 1. The summed E-state index contributed by atoms with van der Waals surface area (Å²) in [7, 11) is 0. The van der Waals surface area contributed by atoms with Gasteiger partial charge in [-0.25, -0.2) is 0 Å². The van der Waals surface area contributed by atoms with E-state index in [1.807, 2.05) is 0 Å². The highest BCUT2D eigenvalue weighted by molar-refractivity contribution is 6.19. The molecule has 0 aliphatic heterocycles. The summed E-state index contributed by atoms with van der Waals surface area (Å²) in [4.78, 5) is 2.50. The predicted octanol–water partition coefficient (Wildman–Crippen LogP) is 18.3. The molecule has 0 spiro atoms. The normalized spacial score (nSPS) is 14.0. The Balaban J connectivity index is 1.07. The van der Waals surface area contributed by atoms with Gasteiger partial charge in [-0.05, 0) is 109 Å². The molecule has 0 N–H and O–H groups in total. The Hall–Kier alpha value is -9.24. The molecule has 1 aliphatic rings. The van der Waals surface area contributed by atoms with Gasteiger partial charge >= 0.3 is 0 Å². The largest absolute Gasteiger partial charge is 0.310 e. The number of anilines is 3. The minimum absolute atomic E-state index is 0.638. The van der Waals surface area contributed by atoms with E-state index in [2.05, 4.69) is 289 Å². The second kappa shape index (κ2) is 16.5. The fraction of sp³-hybridized carbons (Fsp3) is 0.0145. The molecule has 1 unspecified atom stereocenters. The maximum Gasteiger partial charge on any atom is 0.0720 e.